The first-order chi connectivity index (χ1) is 15.9. The van der Waals surface area contributed by atoms with Gasteiger partial charge in [0.1, 0.15) is 5.69 Å². The number of amides is 1. The molecule has 0 unspecified atom stereocenters. The van der Waals surface area contributed by atoms with Gasteiger partial charge in [-0.1, -0.05) is 67.8 Å². The van der Waals surface area contributed by atoms with Crippen molar-refractivity contribution in [1.82, 2.24) is 9.55 Å². The maximum atomic E-state index is 12.8. The van der Waals surface area contributed by atoms with E-state index in [0.717, 1.165) is 23.8 Å². The number of thiazole rings is 1. The van der Waals surface area contributed by atoms with Crippen molar-refractivity contribution in [3.05, 3.63) is 70.7 Å². The van der Waals surface area contributed by atoms with E-state index < -0.39 is 18.4 Å². The molecular weight excluding hydrogens is 556 g/mol. The number of carboxylic acids is 1. The number of carbonyl (C=O) groups is 2. The van der Waals surface area contributed by atoms with E-state index in [1.807, 2.05) is 37.3 Å². The molecule has 1 amide bonds. The van der Waals surface area contributed by atoms with Crippen molar-refractivity contribution in [2.75, 3.05) is 11.9 Å². The molecule has 2 aromatic carbocycles. The van der Waals surface area contributed by atoms with Crippen molar-refractivity contribution in [3.63, 3.8) is 0 Å². The van der Waals surface area contributed by atoms with E-state index in [9.17, 15) is 19.8 Å². The van der Waals surface area contributed by atoms with Crippen molar-refractivity contribution in [3.8, 4) is 11.3 Å². The van der Waals surface area contributed by atoms with Gasteiger partial charge in [-0.15, -0.1) is 17.9 Å². The second-order valence-corrected chi connectivity index (χ2v) is 8.34. The Morgan fingerprint density at radius 2 is 1.78 bits per heavy atom. The minimum atomic E-state index is -1.27. The van der Waals surface area contributed by atoms with Gasteiger partial charge < -0.3 is 25.1 Å². The molecule has 0 fully saturated rings. The predicted molar refractivity (Wildman–Crippen MR) is 131 cm³/mol. The number of nitrogens with zero attached hydrogens (tertiary/aromatic N) is 2. The molecule has 0 aliphatic rings. The van der Waals surface area contributed by atoms with Crippen LogP contribution < -0.4 is 118 Å². The molecule has 0 saturated carbocycles. The molecule has 0 atom stereocenters. The van der Waals surface area contributed by atoms with Crippen LogP contribution >= 0.6 is 22.9 Å². The number of unbranched alkanes of at least 4 members (excludes halogenated alkanes) is 1. The number of carbonyl (C=O) groups excluding carboxylic acids is 2. The number of anilines is 1. The van der Waals surface area contributed by atoms with E-state index in [4.69, 9.17) is 11.6 Å². The molecule has 0 radical (unpaired) electrons. The number of benzene rings is 2. The molecule has 0 aliphatic carbocycles. The molecule has 2 aromatic heterocycles. The van der Waals surface area contributed by atoms with E-state index >= 15 is 0 Å². The van der Waals surface area contributed by atoms with Gasteiger partial charge in [0.2, 0.25) is 0 Å². The SMILES string of the molecule is CCCC[O-].O.O=C([O-])Cn1c(C(=O)Nc2nc(-c3ccccc3Cl)cs2)cc2ccccc21.[K+].[K+]. The van der Waals surface area contributed by atoms with Crippen molar-refractivity contribution in [2.45, 2.75) is 26.3 Å². The maximum Gasteiger partial charge on any atom is 1.00 e. The average Bonchev–Trinajstić information content (AvgIpc) is 3.40. The van der Waals surface area contributed by atoms with Crippen molar-refractivity contribution >= 4 is 50.8 Å². The van der Waals surface area contributed by atoms with Gasteiger partial charge in [-0.05, 0) is 18.2 Å². The third-order valence-electron chi connectivity index (χ3n) is 4.70. The largest absolute Gasteiger partial charge is 1.00 e. The van der Waals surface area contributed by atoms with Crippen LogP contribution in [0.2, 0.25) is 5.02 Å². The number of fused-ring (bicyclic) bond motifs is 1. The normalized spacial score (nSPS) is 9.64. The first-order valence-electron chi connectivity index (χ1n) is 10.3. The molecule has 8 nitrogen and oxygen atoms in total. The number of rotatable bonds is 7. The number of carboxylic acid groups (broad SMARTS) is 1. The molecule has 2 heterocycles. The van der Waals surface area contributed by atoms with Gasteiger partial charge in [-0.3, -0.25) is 10.1 Å². The zero-order valence-electron chi connectivity index (χ0n) is 20.4. The van der Waals surface area contributed by atoms with Crippen molar-refractivity contribution < 1.29 is 128 Å². The number of para-hydroxylation sites is 1. The topological polar surface area (TPSA) is 142 Å². The molecule has 180 valence electrons. The van der Waals surface area contributed by atoms with Crippen LogP contribution in [0.1, 0.15) is 30.3 Å². The van der Waals surface area contributed by atoms with Crippen molar-refractivity contribution in [1.29, 1.82) is 0 Å². The monoisotopic (exact) mass is 579 g/mol. The Morgan fingerprint density at radius 3 is 2.39 bits per heavy atom. The van der Waals surface area contributed by atoms with Gasteiger partial charge in [0, 0.05) is 26.9 Å². The summed E-state index contributed by atoms with van der Waals surface area (Å²) in [5, 5.41) is 26.9. The summed E-state index contributed by atoms with van der Waals surface area (Å²) in [6, 6.07) is 16.1. The smallest absolute Gasteiger partial charge is 0.854 e. The average molecular weight is 580 g/mol. The number of aromatic nitrogens is 2. The molecule has 0 aliphatic heterocycles. The summed E-state index contributed by atoms with van der Waals surface area (Å²) >= 11 is 7.46. The van der Waals surface area contributed by atoms with Gasteiger partial charge >= 0.3 is 103 Å². The van der Waals surface area contributed by atoms with Crippen molar-refractivity contribution in [2.24, 2.45) is 0 Å². The number of aliphatic carboxylic acids is 1. The number of hydrogen-bond donors (Lipinski definition) is 1. The van der Waals surface area contributed by atoms with Crippen LogP contribution in [0.15, 0.2) is 60.0 Å². The summed E-state index contributed by atoms with van der Waals surface area (Å²) in [4.78, 5) is 28.4. The Morgan fingerprint density at radius 1 is 1.11 bits per heavy atom. The molecule has 0 saturated heterocycles. The van der Waals surface area contributed by atoms with Gasteiger partial charge in [-0.2, -0.15) is 0 Å². The van der Waals surface area contributed by atoms with E-state index in [2.05, 4.69) is 10.3 Å². The summed E-state index contributed by atoms with van der Waals surface area (Å²) < 4.78 is 1.42. The Balaban J connectivity index is 0.00000140. The fourth-order valence-electron chi connectivity index (χ4n) is 3.13. The quantitative estimate of drug-likeness (QED) is 0.229. The van der Waals surface area contributed by atoms with E-state index in [0.29, 0.717) is 21.4 Å². The number of hydrogen-bond acceptors (Lipinski definition) is 6. The second kappa shape index (κ2) is 18.3. The third kappa shape index (κ3) is 9.97. The van der Waals surface area contributed by atoms with Gasteiger partial charge in [0.05, 0.1) is 18.2 Å². The number of nitrogens with one attached hydrogen (secondary N) is 1. The van der Waals surface area contributed by atoms with Gasteiger partial charge in [0.25, 0.3) is 5.91 Å². The Hall–Kier alpha value is 0.0327. The van der Waals surface area contributed by atoms with Crippen LogP contribution in [0.3, 0.4) is 0 Å². The van der Waals surface area contributed by atoms with Crippen LogP contribution in [0.25, 0.3) is 22.2 Å². The number of halogens is 1. The molecular formula is C24H24ClK2N3O5S. The van der Waals surface area contributed by atoms with E-state index in [-0.39, 0.29) is 121 Å². The van der Waals surface area contributed by atoms with Crippen LogP contribution in [0.5, 0.6) is 0 Å². The van der Waals surface area contributed by atoms with Gasteiger partial charge in [0.15, 0.2) is 5.13 Å². The molecule has 0 spiro atoms. The fourth-order valence-corrected chi connectivity index (χ4v) is 4.07. The fraction of sp³-hybridized carbons (Fsp3) is 0.208. The first kappa shape index (κ1) is 36.0. The zero-order chi connectivity index (χ0) is 23.8. The van der Waals surface area contributed by atoms with E-state index in [1.54, 1.807) is 29.6 Å². The summed E-state index contributed by atoms with van der Waals surface area (Å²) in [6.07, 6.45) is 1.86. The van der Waals surface area contributed by atoms with Crippen LogP contribution in [-0.2, 0) is 11.3 Å². The molecule has 36 heavy (non-hydrogen) atoms. The van der Waals surface area contributed by atoms with E-state index in [1.165, 1.54) is 15.9 Å². The molecule has 4 aromatic rings. The molecule has 0 bridgehead atoms. The second-order valence-electron chi connectivity index (χ2n) is 7.08. The molecule has 12 heteroatoms. The van der Waals surface area contributed by atoms with Crippen LogP contribution in [-0.4, -0.2) is 33.5 Å². The summed E-state index contributed by atoms with van der Waals surface area (Å²) in [5.41, 5.74) is 2.29. The summed E-state index contributed by atoms with van der Waals surface area (Å²) in [7, 11) is 0. The minimum Gasteiger partial charge on any atom is -0.854 e. The Kier molecular flexibility index (Phi) is 18.4. The summed E-state index contributed by atoms with van der Waals surface area (Å²) in [6.45, 7) is 1.69. The maximum absolute atomic E-state index is 12.8. The van der Waals surface area contributed by atoms with Gasteiger partial charge in [-0.25, -0.2) is 4.98 Å². The predicted octanol–water partition coefficient (Wildman–Crippen LogP) is -3.25. The van der Waals surface area contributed by atoms with Crippen LogP contribution in [0.4, 0.5) is 5.13 Å². The minimum absolute atomic E-state index is 0. The Bertz CT molecular complexity index is 1260. The zero-order valence-corrected chi connectivity index (χ0v) is 28.2. The Labute approximate surface area is 303 Å². The third-order valence-corrected chi connectivity index (χ3v) is 5.79. The molecule has 4 rings (SSSR count). The van der Waals surface area contributed by atoms with Crippen LogP contribution in [0, 0.1) is 0 Å². The summed E-state index contributed by atoms with van der Waals surface area (Å²) in [5.74, 6) is -1.72. The standard InChI is InChI=1S/C20H14ClN3O3S.C4H9O.2K.H2O/c21-14-7-3-2-6-13(14)15-11-28-20(22-15)23-19(27)17-9-12-5-1-4-8-16(12)24(17)10-18(25)26;1-2-3-4-5;;;/h1-9,11H,10H2,(H,25,26)(H,22,23,27);2-4H2,1H3;;;1H2/q;-1;2*+1;/p-1. The molecule has 3 N–H and O–H groups in total. The first-order valence-corrected chi connectivity index (χ1v) is 11.6.